The predicted octanol–water partition coefficient (Wildman–Crippen LogP) is 4.09. The lowest BCUT2D eigenvalue weighted by molar-refractivity contribution is 0.0517. The molecule has 0 amide bonds. The van der Waals surface area contributed by atoms with Crippen LogP contribution in [-0.2, 0) is 24.5 Å². The van der Waals surface area contributed by atoms with Crippen LogP contribution in [0.5, 0.6) is 0 Å². The Labute approximate surface area is 157 Å². The maximum absolute atomic E-state index is 11.9. The average molecular weight is 369 g/mol. The summed E-state index contributed by atoms with van der Waals surface area (Å²) >= 11 is 1.75. The summed E-state index contributed by atoms with van der Waals surface area (Å²) < 4.78 is 6.92. The summed E-state index contributed by atoms with van der Waals surface area (Å²) in [4.78, 5) is 15.6. The number of benzene rings is 1. The van der Waals surface area contributed by atoms with Crippen LogP contribution in [0.25, 0.3) is 0 Å². The van der Waals surface area contributed by atoms with Gasteiger partial charge in [0.2, 0.25) is 0 Å². The molecule has 3 rings (SSSR count). The molecule has 0 bridgehead atoms. The fraction of sp³-hybridized carbons (Fsp3) is 0.300. The number of aromatic nitrogens is 2. The van der Waals surface area contributed by atoms with Gasteiger partial charge in [-0.3, -0.25) is 9.58 Å². The van der Waals surface area contributed by atoms with Crippen LogP contribution < -0.4 is 0 Å². The van der Waals surface area contributed by atoms with E-state index < -0.39 is 0 Å². The molecule has 0 aliphatic carbocycles. The van der Waals surface area contributed by atoms with Crippen molar-refractivity contribution < 1.29 is 9.53 Å². The molecular formula is C20H23N3O2S. The lowest BCUT2D eigenvalue weighted by Crippen LogP contribution is -2.26. The fourth-order valence-electron chi connectivity index (χ4n) is 2.77. The summed E-state index contributed by atoms with van der Waals surface area (Å²) in [5.41, 5.74) is 2.55. The number of hydrogen-bond donors (Lipinski definition) is 0. The third-order valence-electron chi connectivity index (χ3n) is 4.01. The van der Waals surface area contributed by atoms with E-state index in [2.05, 4.69) is 51.8 Å². The van der Waals surface area contributed by atoms with Crippen LogP contribution in [-0.4, -0.2) is 27.3 Å². The Morgan fingerprint density at radius 1 is 1.19 bits per heavy atom. The largest absolute Gasteiger partial charge is 0.461 e. The van der Waals surface area contributed by atoms with Crippen molar-refractivity contribution in [2.75, 3.05) is 6.61 Å². The first-order valence-corrected chi connectivity index (χ1v) is 9.54. The van der Waals surface area contributed by atoms with E-state index in [0.29, 0.717) is 19.0 Å². The molecule has 6 heteroatoms. The molecule has 5 nitrogen and oxygen atoms in total. The van der Waals surface area contributed by atoms with Gasteiger partial charge >= 0.3 is 5.97 Å². The lowest BCUT2D eigenvalue weighted by Gasteiger charge is -2.22. The van der Waals surface area contributed by atoms with Crippen LogP contribution in [0.15, 0.2) is 53.9 Å². The average Bonchev–Trinajstić information content (AvgIpc) is 3.26. The third-order valence-corrected chi connectivity index (χ3v) is 4.87. The highest BCUT2D eigenvalue weighted by Crippen LogP contribution is 2.16. The van der Waals surface area contributed by atoms with Crippen molar-refractivity contribution in [3.8, 4) is 0 Å². The molecule has 2 aromatic heterocycles. The molecule has 0 atom stereocenters. The van der Waals surface area contributed by atoms with Gasteiger partial charge in [-0.1, -0.05) is 36.4 Å². The second kappa shape index (κ2) is 8.78. The van der Waals surface area contributed by atoms with E-state index in [-0.39, 0.29) is 5.97 Å². The van der Waals surface area contributed by atoms with Gasteiger partial charge in [0.1, 0.15) is 0 Å². The van der Waals surface area contributed by atoms with Crippen LogP contribution in [0.1, 0.15) is 33.5 Å². The molecule has 0 fully saturated rings. The molecule has 0 saturated heterocycles. The molecule has 0 aliphatic rings. The normalized spacial score (nSPS) is 11.0. The summed E-state index contributed by atoms with van der Waals surface area (Å²) in [6.45, 7) is 6.36. The minimum absolute atomic E-state index is 0.350. The molecule has 3 aromatic rings. The summed E-state index contributed by atoms with van der Waals surface area (Å²) in [6.07, 6.45) is 0. The monoisotopic (exact) mass is 369 g/mol. The molecule has 2 heterocycles. The lowest BCUT2D eigenvalue weighted by atomic mass is 10.2. The van der Waals surface area contributed by atoms with E-state index in [4.69, 9.17) is 4.74 Å². The molecule has 0 aliphatic heterocycles. The molecule has 136 valence electrons. The summed E-state index contributed by atoms with van der Waals surface area (Å²) in [5.74, 6) is -0.373. The zero-order valence-corrected chi connectivity index (χ0v) is 15.9. The van der Waals surface area contributed by atoms with Crippen LogP contribution in [0.4, 0.5) is 0 Å². The van der Waals surface area contributed by atoms with Crippen LogP contribution in [0.2, 0.25) is 0 Å². The zero-order valence-electron chi connectivity index (χ0n) is 15.1. The maximum Gasteiger partial charge on any atom is 0.358 e. The number of ether oxygens (including phenoxy) is 1. The van der Waals surface area contributed by atoms with Crippen molar-refractivity contribution >= 4 is 17.3 Å². The Bertz CT molecular complexity index is 828. The van der Waals surface area contributed by atoms with Crippen molar-refractivity contribution in [1.82, 2.24) is 14.7 Å². The highest BCUT2D eigenvalue weighted by molar-refractivity contribution is 7.09. The quantitative estimate of drug-likeness (QED) is 0.561. The molecule has 26 heavy (non-hydrogen) atoms. The summed E-state index contributed by atoms with van der Waals surface area (Å²) in [5, 5.41) is 6.53. The van der Waals surface area contributed by atoms with E-state index in [1.807, 2.05) is 17.7 Å². The minimum Gasteiger partial charge on any atom is -0.461 e. The maximum atomic E-state index is 11.9. The smallest absolute Gasteiger partial charge is 0.358 e. The van der Waals surface area contributed by atoms with Crippen molar-refractivity contribution in [2.24, 2.45) is 0 Å². The van der Waals surface area contributed by atoms with Gasteiger partial charge in [0.15, 0.2) is 5.69 Å². The van der Waals surface area contributed by atoms with Gasteiger partial charge < -0.3 is 4.74 Å². The second-order valence-corrected chi connectivity index (χ2v) is 7.12. The minimum atomic E-state index is -0.373. The standard InChI is InChI=1S/C20H23N3O2S/c1-3-25-20(24)19-12-16(2)23(21-19)15-22(14-18-10-7-11-26-18)13-17-8-5-4-6-9-17/h4-12H,3,13-15H2,1-2H3. The van der Waals surface area contributed by atoms with E-state index in [1.54, 1.807) is 24.3 Å². The molecule has 0 N–H and O–H groups in total. The highest BCUT2D eigenvalue weighted by Gasteiger charge is 2.16. The molecule has 0 spiro atoms. The van der Waals surface area contributed by atoms with Gasteiger partial charge in [0.05, 0.1) is 13.3 Å². The van der Waals surface area contributed by atoms with Crippen LogP contribution in [0.3, 0.4) is 0 Å². The van der Waals surface area contributed by atoms with Gasteiger partial charge in [-0.15, -0.1) is 11.3 Å². The van der Waals surface area contributed by atoms with Crippen LogP contribution >= 0.6 is 11.3 Å². The molecule has 1 aromatic carbocycles. The van der Waals surface area contributed by atoms with E-state index in [0.717, 1.165) is 18.8 Å². The summed E-state index contributed by atoms with van der Waals surface area (Å²) in [6, 6.07) is 16.4. The topological polar surface area (TPSA) is 47.4 Å². The molecule has 0 unspecified atom stereocenters. The van der Waals surface area contributed by atoms with Crippen LogP contribution in [0, 0.1) is 6.92 Å². The first-order chi connectivity index (χ1) is 12.7. The number of esters is 1. The Morgan fingerprint density at radius 2 is 2.00 bits per heavy atom. The van der Waals surface area contributed by atoms with E-state index in [9.17, 15) is 4.79 Å². The molecule has 0 saturated carbocycles. The Hall–Kier alpha value is -2.44. The highest BCUT2D eigenvalue weighted by atomic mass is 32.1. The number of hydrogen-bond acceptors (Lipinski definition) is 5. The first-order valence-electron chi connectivity index (χ1n) is 8.66. The Kier molecular flexibility index (Phi) is 6.20. The van der Waals surface area contributed by atoms with E-state index in [1.165, 1.54) is 10.4 Å². The van der Waals surface area contributed by atoms with Gasteiger partial charge in [0.25, 0.3) is 0 Å². The number of nitrogens with zero attached hydrogens (tertiary/aromatic N) is 3. The third kappa shape index (κ3) is 4.80. The number of rotatable bonds is 8. The Morgan fingerprint density at radius 3 is 2.69 bits per heavy atom. The van der Waals surface area contributed by atoms with Crippen molar-refractivity contribution in [2.45, 2.75) is 33.6 Å². The summed E-state index contributed by atoms with van der Waals surface area (Å²) in [7, 11) is 0. The predicted molar refractivity (Wildman–Crippen MR) is 103 cm³/mol. The number of thiophene rings is 1. The SMILES string of the molecule is CCOC(=O)c1cc(C)n(CN(Cc2ccccc2)Cc2cccs2)n1. The first kappa shape index (κ1) is 18.4. The van der Waals surface area contributed by atoms with Crippen molar-refractivity contribution in [3.05, 3.63) is 75.7 Å². The number of carbonyl (C=O) groups excluding carboxylic acids is 1. The van der Waals surface area contributed by atoms with Gasteiger partial charge in [-0.25, -0.2) is 4.79 Å². The Balaban J connectivity index is 1.77. The molecule has 0 radical (unpaired) electrons. The molecular weight excluding hydrogens is 346 g/mol. The van der Waals surface area contributed by atoms with E-state index >= 15 is 0 Å². The fourth-order valence-corrected chi connectivity index (χ4v) is 3.51. The van der Waals surface area contributed by atoms with Gasteiger partial charge in [0, 0.05) is 23.7 Å². The zero-order chi connectivity index (χ0) is 18.4. The second-order valence-electron chi connectivity index (χ2n) is 6.08. The van der Waals surface area contributed by atoms with Gasteiger partial charge in [-0.05, 0) is 36.9 Å². The number of aryl methyl sites for hydroxylation is 1. The van der Waals surface area contributed by atoms with Crippen molar-refractivity contribution in [3.63, 3.8) is 0 Å². The number of carbonyl (C=O) groups is 1. The van der Waals surface area contributed by atoms with Crippen molar-refractivity contribution in [1.29, 1.82) is 0 Å². The van der Waals surface area contributed by atoms with Gasteiger partial charge in [-0.2, -0.15) is 5.10 Å².